The van der Waals surface area contributed by atoms with Gasteiger partial charge in [-0.25, -0.2) is 0 Å². The average Bonchev–Trinajstić information content (AvgIpc) is 1.76. The summed E-state index contributed by atoms with van der Waals surface area (Å²) in [6.07, 6.45) is 1.77. The van der Waals surface area contributed by atoms with Crippen molar-refractivity contribution < 1.29 is 0 Å². The third-order valence-corrected chi connectivity index (χ3v) is 0.869. The standard InChI is InChI=1S/C3H3NS.CH4.ClH/c1-2-5-3-4-1;;/h1-3H;1H4;1H. The van der Waals surface area contributed by atoms with E-state index >= 15 is 0 Å². The molecule has 0 aromatic carbocycles. The van der Waals surface area contributed by atoms with Crippen molar-refractivity contribution in [3.05, 3.63) is 17.1 Å². The normalized spacial score (nSPS) is 5.71. The third-order valence-electron chi connectivity index (χ3n) is 0.347. The first kappa shape index (κ1) is 10.0. The maximum Gasteiger partial charge on any atom is 0.0791 e. The number of rotatable bonds is 0. The Balaban J connectivity index is 0. The lowest BCUT2D eigenvalue weighted by Crippen LogP contribution is -1.38. The fourth-order valence-corrected chi connectivity index (χ4v) is 0.527. The second-order valence-corrected chi connectivity index (χ2v) is 1.43. The number of thiazole rings is 1. The van der Waals surface area contributed by atoms with Crippen LogP contribution in [-0.2, 0) is 0 Å². The molecule has 1 nitrogen and oxygen atoms in total. The molecule has 0 saturated carbocycles. The van der Waals surface area contributed by atoms with Gasteiger partial charge in [0.05, 0.1) is 5.51 Å². The van der Waals surface area contributed by atoms with E-state index < -0.39 is 0 Å². The van der Waals surface area contributed by atoms with Gasteiger partial charge in [-0.15, -0.1) is 23.7 Å². The van der Waals surface area contributed by atoms with E-state index in [1.807, 2.05) is 5.38 Å². The Kier molecular flexibility index (Phi) is 8.47. The summed E-state index contributed by atoms with van der Waals surface area (Å²) < 4.78 is 0. The third kappa shape index (κ3) is 3.76. The van der Waals surface area contributed by atoms with E-state index in [0.29, 0.717) is 0 Å². The van der Waals surface area contributed by atoms with Gasteiger partial charge in [0, 0.05) is 11.6 Å². The molecule has 1 heterocycles. The molecule has 42 valence electrons. The first-order valence-corrected chi connectivity index (χ1v) is 2.26. The van der Waals surface area contributed by atoms with Crippen molar-refractivity contribution in [2.45, 2.75) is 7.43 Å². The van der Waals surface area contributed by atoms with Crippen LogP contribution in [0.15, 0.2) is 17.1 Å². The number of hydrogen-bond acceptors (Lipinski definition) is 2. The van der Waals surface area contributed by atoms with Crippen LogP contribution in [0.1, 0.15) is 7.43 Å². The van der Waals surface area contributed by atoms with Crippen LogP contribution in [0.5, 0.6) is 0 Å². The fourth-order valence-electron chi connectivity index (χ4n) is 0.176. The van der Waals surface area contributed by atoms with Crippen LogP contribution in [0, 0.1) is 0 Å². The molecule has 0 aliphatic heterocycles. The van der Waals surface area contributed by atoms with Crippen LogP contribution in [-0.4, -0.2) is 4.98 Å². The summed E-state index contributed by atoms with van der Waals surface area (Å²) in [7, 11) is 0. The fraction of sp³-hybridized carbons (Fsp3) is 0.250. The molecular weight excluding hydrogens is 130 g/mol. The lowest BCUT2D eigenvalue weighted by atomic mass is 11.0. The Morgan fingerprint density at radius 2 is 2.14 bits per heavy atom. The van der Waals surface area contributed by atoms with Crippen LogP contribution in [0.3, 0.4) is 0 Å². The summed E-state index contributed by atoms with van der Waals surface area (Å²) in [6.45, 7) is 0. The quantitative estimate of drug-likeness (QED) is 0.534. The molecule has 0 N–H and O–H groups in total. The number of aromatic nitrogens is 1. The van der Waals surface area contributed by atoms with Gasteiger partial charge in [-0.05, 0) is 0 Å². The van der Waals surface area contributed by atoms with Crippen molar-refractivity contribution in [1.29, 1.82) is 0 Å². The maximum atomic E-state index is 3.74. The highest BCUT2D eigenvalue weighted by Crippen LogP contribution is 1.85. The molecule has 0 amide bonds. The van der Waals surface area contributed by atoms with Gasteiger partial charge in [0.15, 0.2) is 0 Å². The van der Waals surface area contributed by atoms with Crippen LogP contribution < -0.4 is 0 Å². The summed E-state index contributed by atoms with van der Waals surface area (Å²) in [4.78, 5) is 3.74. The topological polar surface area (TPSA) is 12.9 Å². The minimum atomic E-state index is 0. The van der Waals surface area contributed by atoms with E-state index in [0.717, 1.165) is 0 Å². The van der Waals surface area contributed by atoms with E-state index in [9.17, 15) is 0 Å². The maximum absolute atomic E-state index is 3.74. The summed E-state index contributed by atoms with van der Waals surface area (Å²) in [5.74, 6) is 0. The molecule has 3 heteroatoms. The first-order chi connectivity index (χ1) is 2.50. The summed E-state index contributed by atoms with van der Waals surface area (Å²) in [5, 5.41) is 1.93. The summed E-state index contributed by atoms with van der Waals surface area (Å²) in [6, 6.07) is 0. The van der Waals surface area contributed by atoms with Crippen molar-refractivity contribution in [2.24, 2.45) is 0 Å². The van der Waals surface area contributed by atoms with Gasteiger partial charge in [-0.2, -0.15) is 0 Å². The van der Waals surface area contributed by atoms with Gasteiger partial charge in [-0.3, -0.25) is 4.98 Å². The Hall–Kier alpha value is -0.0800. The molecule has 7 heavy (non-hydrogen) atoms. The van der Waals surface area contributed by atoms with Gasteiger partial charge in [0.2, 0.25) is 0 Å². The predicted molar refractivity (Wildman–Crippen MR) is 36.1 cm³/mol. The zero-order valence-electron chi connectivity index (χ0n) is 3.00. The highest BCUT2D eigenvalue weighted by Gasteiger charge is 1.59. The second-order valence-electron chi connectivity index (χ2n) is 0.676. The molecule has 0 bridgehead atoms. The van der Waals surface area contributed by atoms with Crippen LogP contribution >= 0.6 is 23.7 Å². The van der Waals surface area contributed by atoms with Gasteiger partial charge < -0.3 is 0 Å². The number of hydrogen-bond donors (Lipinski definition) is 0. The van der Waals surface area contributed by atoms with E-state index in [1.165, 1.54) is 0 Å². The monoisotopic (exact) mass is 137 g/mol. The van der Waals surface area contributed by atoms with Crippen molar-refractivity contribution in [1.82, 2.24) is 4.98 Å². The molecule has 0 atom stereocenters. The van der Waals surface area contributed by atoms with Crippen molar-refractivity contribution >= 4 is 23.7 Å². The molecule has 0 aliphatic carbocycles. The van der Waals surface area contributed by atoms with Crippen molar-refractivity contribution in [2.75, 3.05) is 0 Å². The van der Waals surface area contributed by atoms with Crippen molar-refractivity contribution in [3.8, 4) is 0 Å². The largest absolute Gasteiger partial charge is 0.253 e. The first-order valence-electron chi connectivity index (χ1n) is 1.32. The Bertz CT molecular complexity index is 68.2. The minimum absolute atomic E-state index is 0. The zero-order chi connectivity index (χ0) is 3.54. The molecule has 0 fully saturated rings. The smallest absolute Gasteiger partial charge is 0.0791 e. The molecule has 1 rings (SSSR count). The average molecular weight is 138 g/mol. The number of nitrogens with zero attached hydrogens (tertiary/aromatic N) is 1. The molecule has 0 spiro atoms. The van der Waals surface area contributed by atoms with Crippen LogP contribution in [0.2, 0.25) is 0 Å². The Morgan fingerprint density at radius 1 is 1.43 bits per heavy atom. The predicted octanol–water partition coefficient (Wildman–Crippen LogP) is 2.20. The van der Waals surface area contributed by atoms with E-state index in [4.69, 9.17) is 0 Å². The SMILES string of the molecule is C.Cl.c1cscn1. The van der Waals surface area contributed by atoms with Crippen LogP contribution in [0.4, 0.5) is 0 Å². The summed E-state index contributed by atoms with van der Waals surface area (Å²) >= 11 is 1.60. The second kappa shape index (κ2) is 5.92. The van der Waals surface area contributed by atoms with E-state index in [1.54, 1.807) is 23.0 Å². The molecule has 0 radical (unpaired) electrons. The molecule has 0 aliphatic rings. The molecule has 0 saturated heterocycles. The minimum Gasteiger partial charge on any atom is -0.253 e. The Labute approximate surface area is 53.8 Å². The van der Waals surface area contributed by atoms with E-state index in [-0.39, 0.29) is 19.8 Å². The zero-order valence-corrected chi connectivity index (χ0v) is 4.63. The highest BCUT2D eigenvalue weighted by molar-refractivity contribution is 7.07. The molecule has 1 aromatic heterocycles. The van der Waals surface area contributed by atoms with Gasteiger partial charge in [0.1, 0.15) is 0 Å². The summed E-state index contributed by atoms with van der Waals surface area (Å²) in [5.41, 5.74) is 1.79. The molecule has 0 unspecified atom stereocenters. The van der Waals surface area contributed by atoms with Gasteiger partial charge in [0.25, 0.3) is 0 Å². The van der Waals surface area contributed by atoms with Gasteiger partial charge in [-0.1, -0.05) is 7.43 Å². The van der Waals surface area contributed by atoms with Crippen molar-refractivity contribution in [3.63, 3.8) is 0 Å². The number of halogens is 1. The molecule has 1 aromatic rings. The van der Waals surface area contributed by atoms with Crippen LogP contribution in [0.25, 0.3) is 0 Å². The Morgan fingerprint density at radius 3 is 2.29 bits per heavy atom. The molecular formula is C4H8ClNS. The van der Waals surface area contributed by atoms with Gasteiger partial charge >= 0.3 is 0 Å². The van der Waals surface area contributed by atoms with E-state index in [2.05, 4.69) is 4.98 Å². The lowest BCUT2D eigenvalue weighted by Gasteiger charge is -1.41. The lowest BCUT2D eigenvalue weighted by molar-refractivity contribution is 1.43. The highest BCUT2D eigenvalue weighted by atomic mass is 35.5.